The van der Waals surface area contributed by atoms with E-state index in [0.717, 1.165) is 19.4 Å². The zero-order valence-corrected chi connectivity index (χ0v) is 14.8. The topological polar surface area (TPSA) is 53.6 Å². The van der Waals surface area contributed by atoms with Crippen LogP contribution in [0.2, 0.25) is 0 Å². The average Bonchev–Trinajstić information content (AvgIpc) is 2.94. The number of methoxy groups -OCH3 is 1. The minimum Gasteiger partial charge on any atom is -0.495 e. The number of hydrogen-bond acceptors (Lipinski definition) is 3. The Morgan fingerprint density at radius 2 is 1.96 bits per heavy atom. The minimum absolute atomic E-state index is 0.209. The van der Waals surface area contributed by atoms with E-state index >= 15 is 0 Å². The van der Waals surface area contributed by atoms with Crippen molar-refractivity contribution < 1.29 is 9.53 Å². The van der Waals surface area contributed by atoms with Gasteiger partial charge in [-0.1, -0.05) is 30.3 Å². The molecular formula is C20H25N3O2. The molecule has 5 nitrogen and oxygen atoms in total. The molecule has 0 aliphatic carbocycles. The zero-order valence-electron chi connectivity index (χ0n) is 14.8. The van der Waals surface area contributed by atoms with Gasteiger partial charge in [-0.05, 0) is 43.5 Å². The van der Waals surface area contributed by atoms with Crippen LogP contribution in [-0.4, -0.2) is 32.3 Å². The van der Waals surface area contributed by atoms with Crippen molar-refractivity contribution in [3.05, 3.63) is 54.1 Å². The van der Waals surface area contributed by atoms with Crippen LogP contribution in [0.4, 0.5) is 16.2 Å². The quantitative estimate of drug-likeness (QED) is 0.790. The fourth-order valence-electron chi connectivity index (χ4n) is 3.34. The molecule has 25 heavy (non-hydrogen) atoms. The highest BCUT2D eigenvalue weighted by Crippen LogP contribution is 2.31. The number of nitrogens with one attached hydrogen (secondary N) is 2. The predicted molar refractivity (Wildman–Crippen MR) is 102 cm³/mol. The van der Waals surface area contributed by atoms with Crippen molar-refractivity contribution in [2.24, 2.45) is 0 Å². The van der Waals surface area contributed by atoms with Crippen molar-refractivity contribution in [1.29, 1.82) is 0 Å². The van der Waals surface area contributed by atoms with E-state index < -0.39 is 0 Å². The number of carbonyl (C=O) groups excluding carboxylic acids is 1. The molecule has 1 heterocycles. The van der Waals surface area contributed by atoms with Crippen molar-refractivity contribution >= 4 is 17.4 Å². The molecule has 0 saturated heterocycles. The maximum atomic E-state index is 12.0. The Bertz CT molecular complexity index is 732. The summed E-state index contributed by atoms with van der Waals surface area (Å²) < 4.78 is 5.24. The number of para-hydroxylation sites is 3. The summed E-state index contributed by atoms with van der Waals surface area (Å²) in [6.45, 7) is 3.82. The fraction of sp³-hybridized carbons (Fsp3) is 0.350. The number of urea groups is 1. The molecule has 2 amide bonds. The molecule has 1 aliphatic rings. The number of nitrogens with zero attached hydrogens (tertiary/aromatic N) is 1. The molecule has 0 fully saturated rings. The van der Waals surface area contributed by atoms with Gasteiger partial charge in [0, 0.05) is 24.8 Å². The van der Waals surface area contributed by atoms with Gasteiger partial charge in [0.05, 0.1) is 12.8 Å². The summed E-state index contributed by atoms with van der Waals surface area (Å²) in [5.41, 5.74) is 3.41. The first-order valence-electron chi connectivity index (χ1n) is 8.71. The van der Waals surface area contributed by atoms with E-state index in [1.165, 1.54) is 11.3 Å². The zero-order chi connectivity index (χ0) is 17.6. The van der Waals surface area contributed by atoms with Gasteiger partial charge in [-0.15, -0.1) is 0 Å². The first-order chi connectivity index (χ1) is 12.2. The molecule has 132 valence electrons. The third-order valence-corrected chi connectivity index (χ3v) is 4.56. The number of hydrogen-bond donors (Lipinski definition) is 2. The molecule has 2 aromatic carbocycles. The molecule has 0 aromatic heterocycles. The fourth-order valence-corrected chi connectivity index (χ4v) is 3.34. The summed E-state index contributed by atoms with van der Waals surface area (Å²) in [6, 6.07) is 16.2. The van der Waals surface area contributed by atoms with E-state index in [2.05, 4.69) is 46.7 Å². The summed E-state index contributed by atoms with van der Waals surface area (Å²) in [5, 5.41) is 5.74. The number of rotatable bonds is 6. The smallest absolute Gasteiger partial charge is 0.319 e. The van der Waals surface area contributed by atoms with Gasteiger partial charge in [0.2, 0.25) is 0 Å². The third kappa shape index (κ3) is 4.05. The second-order valence-electron chi connectivity index (χ2n) is 6.31. The maximum Gasteiger partial charge on any atom is 0.319 e. The van der Waals surface area contributed by atoms with Crippen LogP contribution in [0.1, 0.15) is 18.9 Å². The molecule has 0 bridgehead atoms. The van der Waals surface area contributed by atoms with Gasteiger partial charge in [-0.3, -0.25) is 0 Å². The van der Waals surface area contributed by atoms with Crippen molar-refractivity contribution in [3.8, 4) is 5.75 Å². The number of amides is 2. The van der Waals surface area contributed by atoms with Crippen LogP contribution in [0.25, 0.3) is 0 Å². The Labute approximate surface area is 149 Å². The van der Waals surface area contributed by atoms with Crippen LogP contribution in [0.5, 0.6) is 5.75 Å². The first-order valence-corrected chi connectivity index (χ1v) is 8.71. The van der Waals surface area contributed by atoms with Gasteiger partial charge >= 0.3 is 6.03 Å². The lowest BCUT2D eigenvalue weighted by molar-refractivity contribution is 0.252. The lowest BCUT2D eigenvalue weighted by atomic mass is 10.1. The van der Waals surface area contributed by atoms with Crippen molar-refractivity contribution in [2.75, 3.05) is 30.4 Å². The number of benzene rings is 2. The Kier molecular flexibility index (Phi) is 5.43. The molecule has 2 N–H and O–H groups in total. The van der Waals surface area contributed by atoms with E-state index in [4.69, 9.17) is 4.74 Å². The average molecular weight is 339 g/mol. The monoisotopic (exact) mass is 339 g/mol. The van der Waals surface area contributed by atoms with Gasteiger partial charge in [-0.2, -0.15) is 0 Å². The number of carbonyl (C=O) groups is 1. The predicted octanol–water partition coefficient (Wildman–Crippen LogP) is 3.66. The Hall–Kier alpha value is -2.69. The minimum atomic E-state index is -0.209. The highest BCUT2D eigenvalue weighted by molar-refractivity contribution is 5.90. The molecule has 0 radical (unpaired) electrons. The molecule has 0 saturated carbocycles. The van der Waals surface area contributed by atoms with Gasteiger partial charge in [0.1, 0.15) is 5.75 Å². The number of ether oxygens (including phenoxy) is 1. The van der Waals surface area contributed by atoms with Gasteiger partial charge in [-0.25, -0.2) is 4.79 Å². The van der Waals surface area contributed by atoms with Crippen LogP contribution in [0.15, 0.2) is 48.5 Å². The van der Waals surface area contributed by atoms with E-state index in [1.54, 1.807) is 7.11 Å². The van der Waals surface area contributed by atoms with Crippen LogP contribution < -0.4 is 20.3 Å². The van der Waals surface area contributed by atoms with Crippen molar-refractivity contribution in [2.45, 2.75) is 25.8 Å². The largest absolute Gasteiger partial charge is 0.495 e. The molecule has 2 aromatic rings. The van der Waals surface area contributed by atoms with Gasteiger partial charge in [0.15, 0.2) is 0 Å². The Morgan fingerprint density at radius 3 is 2.80 bits per heavy atom. The summed E-state index contributed by atoms with van der Waals surface area (Å²) in [7, 11) is 1.59. The van der Waals surface area contributed by atoms with Crippen LogP contribution >= 0.6 is 0 Å². The number of fused-ring (bicyclic) bond motifs is 1. The summed E-state index contributed by atoms with van der Waals surface area (Å²) in [6.07, 6.45) is 2.00. The van der Waals surface area contributed by atoms with Crippen LogP contribution in [0, 0.1) is 0 Å². The Balaban J connectivity index is 1.45. The number of anilines is 2. The van der Waals surface area contributed by atoms with E-state index in [0.29, 0.717) is 24.0 Å². The molecule has 5 heteroatoms. The molecule has 1 atom stereocenters. The Morgan fingerprint density at radius 1 is 1.20 bits per heavy atom. The van der Waals surface area contributed by atoms with E-state index in [-0.39, 0.29) is 6.03 Å². The van der Waals surface area contributed by atoms with Crippen LogP contribution in [0.3, 0.4) is 0 Å². The molecule has 0 spiro atoms. The molecule has 3 rings (SSSR count). The molecule has 1 aliphatic heterocycles. The summed E-state index contributed by atoms with van der Waals surface area (Å²) in [4.78, 5) is 14.5. The van der Waals surface area contributed by atoms with Gasteiger partial charge in [0.25, 0.3) is 0 Å². The van der Waals surface area contributed by atoms with E-state index in [9.17, 15) is 4.79 Å². The second-order valence-corrected chi connectivity index (χ2v) is 6.31. The molecule has 0 unspecified atom stereocenters. The summed E-state index contributed by atoms with van der Waals surface area (Å²) >= 11 is 0. The van der Waals surface area contributed by atoms with Crippen molar-refractivity contribution in [3.63, 3.8) is 0 Å². The van der Waals surface area contributed by atoms with Crippen molar-refractivity contribution in [1.82, 2.24) is 5.32 Å². The highest BCUT2D eigenvalue weighted by Gasteiger charge is 2.24. The lowest BCUT2D eigenvalue weighted by Gasteiger charge is -2.25. The standard InChI is InChI=1S/C20H25N3O2/c1-15-14-16-8-3-5-10-18(16)23(15)13-7-12-21-20(24)22-17-9-4-6-11-19(17)25-2/h3-6,8-11,15H,7,12-14H2,1-2H3,(H2,21,22,24)/t15-/m1/s1. The normalized spacial score (nSPS) is 15.6. The second kappa shape index (κ2) is 7.92. The van der Waals surface area contributed by atoms with Gasteiger partial charge < -0.3 is 20.3 Å². The molecular weight excluding hydrogens is 314 g/mol. The summed E-state index contributed by atoms with van der Waals surface area (Å²) in [5.74, 6) is 0.653. The van der Waals surface area contributed by atoms with E-state index in [1.807, 2.05) is 24.3 Å². The SMILES string of the molecule is COc1ccccc1NC(=O)NCCCN1c2ccccc2C[C@H]1C. The highest BCUT2D eigenvalue weighted by atomic mass is 16.5. The first kappa shape index (κ1) is 17.1. The maximum absolute atomic E-state index is 12.0. The third-order valence-electron chi connectivity index (χ3n) is 4.56. The lowest BCUT2D eigenvalue weighted by Crippen LogP contribution is -2.34. The van der Waals surface area contributed by atoms with Crippen LogP contribution in [-0.2, 0) is 6.42 Å².